The molecule has 2 aromatic carbocycles. The molecule has 21 heavy (non-hydrogen) atoms. The van der Waals surface area contributed by atoms with Crippen molar-refractivity contribution < 1.29 is 14.2 Å². The highest BCUT2D eigenvalue weighted by atomic mass is 16.7. The van der Waals surface area contributed by atoms with E-state index in [9.17, 15) is 5.26 Å². The summed E-state index contributed by atoms with van der Waals surface area (Å²) in [6.45, 7) is 0.242. The van der Waals surface area contributed by atoms with Crippen LogP contribution in [0.1, 0.15) is 11.1 Å². The average molecular weight is 279 g/mol. The van der Waals surface area contributed by atoms with E-state index in [2.05, 4.69) is 6.07 Å². The van der Waals surface area contributed by atoms with Crippen LogP contribution in [-0.2, 0) is 0 Å². The van der Waals surface area contributed by atoms with Gasteiger partial charge in [0.2, 0.25) is 6.79 Å². The average Bonchev–Trinajstić information content (AvgIpc) is 3.00. The topological polar surface area (TPSA) is 51.5 Å². The van der Waals surface area contributed by atoms with Gasteiger partial charge in [-0.15, -0.1) is 0 Å². The highest BCUT2D eigenvalue weighted by Crippen LogP contribution is 2.33. The molecule has 0 spiro atoms. The van der Waals surface area contributed by atoms with Crippen LogP contribution in [0.25, 0.3) is 11.6 Å². The molecule has 0 radical (unpaired) electrons. The first-order valence-electron chi connectivity index (χ1n) is 6.46. The zero-order chi connectivity index (χ0) is 14.7. The van der Waals surface area contributed by atoms with Crippen molar-refractivity contribution in [3.05, 3.63) is 53.6 Å². The number of fused-ring (bicyclic) bond motifs is 1. The highest BCUT2D eigenvalue weighted by molar-refractivity contribution is 5.90. The van der Waals surface area contributed by atoms with Gasteiger partial charge in [0.1, 0.15) is 5.75 Å². The first-order chi connectivity index (χ1) is 10.3. The minimum Gasteiger partial charge on any atom is -0.497 e. The van der Waals surface area contributed by atoms with Crippen molar-refractivity contribution in [2.45, 2.75) is 0 Å². The Morgan fingerprint density at radius 3 is 2.62 bits per heavy atom. The fourth-order valence-corrected chi connectivity index (χ4v) is 2.12. The summed E-state index contributed by atoms with van der Waals surface area (Å²) in [7, 11) is 1.61. The minimum atomic E-state index is 0.242. The van der Waals surface area contributed by atoms with Gasteiger partial charge in [0.25, 0.3) is 0 Å². The van der Waals surface area contributed by atoms with Gasteiger partial charge in [-0.2, -0.15) is 5.26 Å². The van der Waals surface area contributed by atoms with Crippen LogP contribution in [0.3, 0.4) is 0 Å². The number of nitrogens with zero attached hydrogens (tertiary/aromatic N) is 1. The van der Waals surface area contributed by atoms with E-state index in [1.54, 1.807) is 7.11 Å². The molecule has 0 atom stereocenters. The van der Waals surface area contributed by atoms with E-state index < -0.39 is 0 Å². The normalized spacial score (nSPS) is 12.9. The van der Waals surface area contributed by atoms with Gasteiger partial charge in [-0.3, -0.25) is 0 Å². The van der Waals surface area contributed by atoms with Crippen LogP contribution in [0.2, 0.25) is 0 Å². The van der Waals surface area contributed by atoms with Crippen LogP contribution in [0.15, 0.2) is 42.5 Å². The molecular formula is C17H13NO3. The summed E-state index contributed by atoms with van der Waals surface area (Å²) >= 11 is 0. The maximum atomic E-state index is 9.36. The first-order valence-corrected chi connectivity index (χ1v) is 6.46. The minimum absolute atomic E-state index is 0.242. The lowest BCUT2D eigenvalue weighted by atomic mass is 10.0. The molecule has 1 aliphatic heterocycles. The second-order valence-electron chi connectivity index (χ2n) is 4.51. The molecule has 104 valence electrons. The lowest BCUT2D eigenvalue weighted by Gasteiger charge is -2.03. The molecule has 0 saturated carbocycles. The van der Waals surface area contributed by atoms with Crippen LogP contribution in [-0.4, -0.2) is 13.9 Å². The largest absolute Gasteiger partial charge is 0.497 e. The molecule has 2 aromatic rings. The third-order valence-electron chi connectivity index (χ3n) is 3.23. The quantitative estimate of drug-likeness (QED) is 0.637. The molecule has 0 saturated heterocycles. The summed E-state index contributed by atoms with van der Waals surface area (Å²) in [4.78, 5) is 0. The van der Waals surface area contributed by atoms with Gasteiger partial charge >= 0.3 is 0 Å². The number of rotatable bonds is 3. The van der Waals surface area contributed by atoms with Gasteiger partial charge in [-0.05, 0) is 53.6 Å². The van der Waals surface area contributed by atoms with Crippen molar-refractivity contribution in [1.29, 1.82) is 5.26 Å². The van der Waals surface area contributed by atoms with Crippen LogP contribution < -0.4 is 14.2 Å². The second kappa shape index (κ2) is 5.59. The first kappa shape index (κ1) is 13.1. The van der Waals surface area contributed by atoms with Crippen molar-refractivity contribution in [2.24, 2.45) is 0 Å². The molecule has 0 bridgehead atoms. The monoisotopic (exact) mass is 279 g/mol. The smallest absolute Gasteiger partial charge is 0.231 e. The van der Waals surface area contributed by atoms with Gasteiger partial charge < -0.3 is 14.2 Å². The number of methoxy groups -OCH3 is 1. The predicted molar refractivity (Wildman–Crippen MR) is 79.0 cm³/mol. The van der Waals surface area contributed by atoms with Crippen LogP contribution >= 0.6 is 0 Å². The Balaban J connectivity index is 1.93. The van der Waals surface area contributed by atoms with E-state index in [1.165, 1.54) is 0 Å². The van der Waals surface area contributed by atoms with Crippen molar-refractivity contribution in [3.8, 4) is 23.3 Å². The molecule has 1 aliphatic rings. The van der Waals surface area contributed by atoms with Gasteiger partial charge in [0.05, 0.1) is 18.8 Å². The third kappa shape index (κ3) is 2.67. The van der Waals surface area contributed by atoms with Crippen LogP contribution in [0.4, 0.5) is 0 Å². The van der Waals surface area contributed by atoms with Crippen LogP contribution in [0.5, 0.6) is 17.2 Å². The molecule has 0 aromatic heterocycles. The summed E-state index contributed by atoms with van der Waals surface area (Å²) in [5.41, 5.74) is 2.32. The lowest BCUT2D eigenvalue weighted by molar-refractivity contribution is 0.174. The fourth-order valence-electron chi connectivity index (χ4n) is 2.12. The summed E-state index contributed by atoms with van der Waals surface area (Å²) in [6.07, 6.45) is 1.82. The summed E-state index contributed by atoms with van der Waals surface area (Å²) in [5, 5.41) is 9.36. The van der Waals surface area contributed by atoms with Gasteiger partial charge in [-0.1, -0.05) is 6.07 Å². The Labute approximate surface area is 122 Å². The van der Waals surface area contributed by atoms with Gasteiger partial charge in [-0.25, -0.2) is 0 Å². The zero-order valence-electron chi connectivity index (χ0n) is 11.5. The van der Waals surface area contributed by atoms with Crippen molar-refractivity contribution in [3.63, 3.8) is 0 Å². The highest BCUT2D eigenvalue weighted by Gasteiger charge is 2.13. The standard InChI is InChI=1S/C17H13NO3/c1-19-15-5-3-13(4-6-15)14(10-18)8-12-2-7-16-17(9-12)21-11-20-16/h2-9H,11H2,1H3. The number of hydrogen-bond acceptors (Lipinski definition) is 4. The number of benzene rings is 2. The molecule has 0 fully saturated rings. The van der Waals surface area contributed by atoms with E-state index in [0.29, 0.717) is 11.3 Å². The number of hydrogen-bond donors (Lipinski definition) is 0. The molecule has 0 aliphatic carbocycles. The summed E-state index contributed by atoms with van der Waals surface area (Å²) in [6, 6.07) is 15.2. The zero-order valence-corrected chi connectivity index (χ0v) is 11.5. The molecule has 0 amide bonds. The van der Waals surface area contributed by atoms with E-state index in [0.717, 1.165) is 22.6 Å². The number of ether oxygens (including phenoxy) is 3. The van der Waals surface area contributed by atoms with E-state index in [-0.39, 0.29) is 6.79 Å². The molecule has 4 heteroatoms. The molecule has 4 nitrogen and oxygen atoms in total. The van der Waals surface area contributed by atoms with Crippen molar-refractivity contribution in [2.75, 3.05) is 13.9 Å². The molecular weight excluding hydrogens is 266 g/mol. The molecule has 0 N–H and O–H groups in total. The maximum Gasteiger partial charge on any atom is 0.231 e. The number of nitriles is 1. The Kier molecular flexibility index (Phi) is 3.48. The number of allylic oxidation sites excluding steroid dienone is 1. The maximum absolute atomic E-state index is 9.36. The van der Waals surface area contributed by atoms with E-state index in [1.807, 2.05) is 48.5 Å². The van der Waals surface area contributed by atoms with Crippen molar-refractivity contribution in [1.82, 2.24) is 0 Å². The fraction of sp³-hybridized carbons (Fsp3) is 0.118. The Hall–Kier alpha value is -2.93. The Morgan fingerprint density at radius 2 is 1.90 bits per heavy atom. The second-order valence-corrected chi connectivity index (χ2v) is 4.51. The lowest BCUT2D eigenvalue weighted by Crippen LogP contribution is -1.92. The Bertz CT molecular complexity index is 727. The van der Waals surface area contributed by atoms with E-state index >= 15 is 0 Å². The van der Waals surface area contributed by atoms with Gasteiger partial charge in [0, 0.05) is 0 Å². The molecule has 1 heterocycles. The Morgan fingerprint density at radius 1 is 1.14 bits per heavy atom. The SMILES string of the molecule is COc1ccc(C(C#N)=Cc2ccc3c(c2)OCO3)cc1. The summed E-state index contributed by atoms with van der Waals surface area (Å²) in [5.74, 6) is 2.20. The molecule has 3 rings (SSSR count). The van der Waals surface area contributed by atoms with E-state index in [4.69, 9.17) is 14.2 Å². The van der Waals surface area contributed by atoms with Crippen LogP contribution in [0, 0.1) is 11.3 Å². The summed E-state index contributed by atoms with van der Waals surface area (Å²) < 4.78 is 15.7. The van der Waals surface area contributed by atoms with Gasteiger partial charge in [0.15, 0.2) is 11.5 Å². The van der Waals surface area contributed by atoms with Crippen molar-refractivity contribution >= 4 is 11.6 Å². The molecule has 0 unspecified atom stereocenters. The predicted octanol–water partition coefficient (Wildman–Crippen LogP) is 3.49. The third-order valence-corrected chi connectivity index (χ3v) is 3.23.